The Kier molecular flexibility index (Phi) is 4.18. The Bertz CT molecular complexity index is 546. The highest BCUT2D eigenvalue weighted by molar-refractivity contribution is 5.70. The van der Waals surface area contributed by atoms with E-state index in [1.165, 1.54) is 0 Å². The van der Waals surface area contributed by atoms with Gasteiger partial charge in [-0.05, 0) is 23.8 Å². The highest BCUT2D eigenvalue weighted by atomic mass is 16.5. The van der Waals surface area contributed by atoms with Crippen LogP contribution in [0.1, 0.15) is 11.3 Å². The molecule has 5 nitrogen and oxygen atoms in total. The highest BCUT2D eigenvalue weighted by Gasteiger charge is 2.02. The van der Waals surface area contributed by atoms with Gasteiger partial charge in [-0.3, -0.25) is 9.48 Å². The summed E-state index contributed by atoms with van der Waals surface area (Å²) >= 11 is 0. The van der Waals surface area contributed by atoms with E-state index in [2.05, 4.69) is 5.10 Å². The highest BCUT2D eigenvalue weighted by Crippen LogP contribution is 2.13. The number of hydrogen-bond acceptors (Lipinski definition) is 3. The summed E-state index contributed by atoms with van der Waals surface area (Å²) < 4.78 is 7.42. The van der Waals surface area contributed by atoms with Gasteiger partial charge in [0.1, 0.15) is 5.75 Å². The Hall–Kier alpha value is -2.30. The molecular weight excluding hydrogens is 244 g/mol. The summed E-state index contributed by atoms with van der Waals surface area (Å²) in [4.78, 5) is 10.5. The van der Waals surface area contributed by atoms with Crippen molar-refractivity contribution in [2.24, 2.45) is 7.05 Å². The number of rotatable bonds is 6. The molecule has 0 atom stereocenters. The van der Waals surface area contributed by atoms with Gasteiger partial charge in [-0.1, -0.05) is 12.1 Å². The molecule has 0 spiro atoms. The molecule has 0 aliphatic heterocycles. The van der Waals surface area contributed by atoms with Gasteiger partial charge in [0.25, 0.3) is 0 Å². The molecule has 0 unspecified atom stereocenters. The van der Waals surface area contributed by atoms with Crippen LogP contribution in [0.4, 0.5) is 0 Å². The number of carboxylic acids is 1. The maximum atomic E-state index is 10.5. The molecule has 0 aliphatic rings. The molecule has 0 amide bonds. The van der Waals surface area contributed by atoms with E-state index in [0.29, 0.717) is 6.61 Å². The van der Waals surface area contributed by atoms with E-state index in [4.69, 9.17) is 9.84 Å². The largest absolute Gasteiger partial charge is 0.493 e. The number of aromatic nitrogens is 2. The minimum absolute atomic E-state index is 0.0370. The molecule has 2 rings (SSSR count). The van der Waals surface area contributed by atoms with Crippen LogP contribution in [0.2, 0.25) is 0 Å². The molecule has 0 saturated heterocycles. The van der Waals surface area contributed by atoms with Gasteiger partial charge >= 0.3 is 5.97 Å². The fraction of sp³-hybridized carbons (Fsp3) is 0.286. The molecule has 0 bridgehead atoms. The van der Waals surface area contributed by atoms with Gasteiger partial charge in [0, 0.05) is 25.4 Å². The lowest BCUT2D eigenvalue weighted by atomic mass is 10.1. The van der Waals surface area contributed by atoms with Gasteiger partial charge in [0.15, 0.2) is 0 Å². The van der Waals surface area contributed by atoms with Crippen LogP contribution in [0.25, 0.3) is 0 Å². The van der Waals surface area contributed by atoms with E-state index < -0.39 is 5.97 Å². The number of hydrogen-bond donors (Lipinski definition) is 1. The van der Waals surface area contributed by atoms with Gasteiger partial charge in [-0.2, -0.15) is 5.10 Å². The summed E-state index contributed by atoms with van der Waals surface area (Å²) in [6, 6.07) is 9.09. The number of aryl methyl sites for hydroxylation is 1. The van der Waals surface area contributed by atoms with Gasteiger partial charge < -0.3 is 9.84 Å². The lowest BCUT2D eigenvalue weighted by Gasteiger charge is -2.07. The first-order valence-electron chi connectivity index (χ1n) is 6.05. The molecule has 0 radical (unpaired) electrons. The monoisotopic (exact) mass is 260 g/mol. The smallest absolute Gasteiger partial charge is 0.307 e. The van der Waals surface area contributed by atoms with Crippen molar-refractivity contribution >= 4 is 5.97 Å². The summed E-state index contributed by atoms with van der Waals surface area (Å²) in [5.41, 5.74) is 1.88. The summed E-state index contributed by atoms with van der Waals surface area (Å²) in [7, 11) is 1.90. The van der Waals surface area contributed by atoms with Crippen molar-refractivity contribution in [3.05, 3.63) is 47.8 Å². The van der Waals surface area contributed by atoms with Crippen LogP contribution in [0, 0.1) is 0 Å². The molecule has 1 aromatic carbocycles. The number of ether oxygens (including phenoxy) is 1. The Morgan fingerprint density at radius 2 is 2.05 bits per heavy atom. The predicted molar refractivity (Wildman–Crippen MR) is 70.2 cm³/mol. The Morgan fingerprint density at radius 1 is 1.32 bits per heavy atom. The predicted octanol–water partition coefficient (Wildman–Crippen LogP) is 1.67. The minimum atomic E-state index is -0.829. The third-order valence-corrected chi connectivity index (χ3v) is 2.83. The van der Waals surface area contributed by atoms with Crippen LogP contribution >= 0.6 is 0 Å². The average Bonchev–Trinajstić information content (AvgIpc) is 2.77. The quantitative estimate of drug-likeness (QED) is 0.858. The normalized spacial score (nSPS) is 10.4. The molecule has 19 heavy (non-hydrogen) atoms. The zero-order valence-corrected chi connectivity index (χ0v) is 10.7. The van der Waals surface area contributed by atoms with Crippen molar-refractivity contribution in [3.63, 3.8) is 0 Å². The molecule has 0 aliphatic carbocycles. The van der Waals surface area contributed by atoms with Crippen LogP contribution in [0.15, 0.2) is 36.5 Å². The zero-order valence-electron chi connectivity index (χ0n) is 10.7. The fourth-order valence-corrected chi connectivity index (χ4v) is 1.80. The van der Waals surface area contributed by atoms with E-state index in [1.54, 1.807) is 30.5 Å². The summed E-state index contributed by atoms with van der Waals surface area (Å²) in [6.07, 6.45) is 2.58. The molecule has 1 aromatic heterocycles. The lowest BCUT2D eigenvalue weighted by molar-refractivity contribution is -0.136. The zero-order chi connectivity index (χ0) is 13.7. The van der Waals surface area contributed by atoms with E-state index in [-0.39, 0.29) is 6.42 Å². The molecule has 1 heterocycles. The number of carbonyl (C=O) groups is 1. The molecule has 0 saturated carbocycles. The SMILES string of the molecule is Cn1nccc1CCOc1ccc(CC(=O)O)cc1. The van der Waals surface area contributed by atoms with Crippen LogP contribution < -0.4 is 4.74 Å². The third kappa shape index (κ3) is 3.84. The number of nitrogens with zero attached hydrogens (tertiary/aromatic N) is 2. The summed E-state index contributed by atoms with van der Waals surface area (Å²) in [5.74, 6) is -0.0822. The third-order valence-electron chi connectivity index (χ3n) is 2.83. The van der Waals surface area contributed by atoms with Crippen molar-refractivity contribution < 1.29 is 14.6 Å². The van der Waals surface area contributed by atoms with Gasteiger partial charge in [0.05, 0.1) is 13.0 Å². The lowest BCUT2D eigenvalue weighted by Crippen LogP contribution is -2.06. The molecule has 5 heteroatoms. The first-order chi connectivity index (χ1) is 9.15. The van der Waals surface area contributed by atoms with E-state index in [0.717, 1.165) is 23.4 Å². The van der Waals surface area contributed by atoms with Crippen LogP contribution in [-0.2, 0) is 24.7 Å². The molecule has 0 fully saturated rings. The number of benzene rings is 1. The van der Waals surface area contributed by atoms with E-state index in [1.807, 2.05) is 17.8 Å². The first-order valence-corrected chi connectivity index (χ1v) is 6.05. The number of carboxylic acid groups (broad SMARTS) is 1. The van der Waals surface area contributed by atoms with E-state index in [9.17, 15) is 4.79 Å². The second-order valence-corrected chi connectivity index (χ2v) is 4.26. The van der Waals surface area contributed by atoms with Gasteiger partial charge in [-0.25, -0.2) is 0 Å². The molecule has 1 N–H and O–H groups in total. The second kappa shape index (κ2) is 6.04. The van der Waals surface area contributed by atoms with Crippen molar-refractivity contribution in [1.29, 1.82) is 0 Å². The van der Waals surface area contributed by atoms with Crippen LogP contribution in [0.5, 0.6) is 5.75 Å². The van der Waals surface area contributed by atoms with Gasteiger partial charge in [0.2, 0.25) is 0 Å². The number of aliphatic carboxylic acids is 1. The fourth-order valence-electron chi connectivity index (χ4n) is 1.80. The van der Waals surface area contributed by atoms with E-state index >= 15 is 0 Å². The van der Waals surface area contributed by atoms with Crippen molar-refractivity contribution in [1.82, 2.24) is 9.78 Å². The summed E-state index contributed by atoms with van der Waals surface area (Å²) in [5, 5.41) is 12.8. The molecule has 100 valence electrons. The van der Waals surface area contributed by atoms with Gasteiger partial charge in [-0.15, -0.1) is 0 Å². The standard InChI is InChI=1S/C14H16N2O3/c1-16-12(6-8-15-16)7-9-19-13-4-2-11(3-5-13)10-14(17)18/h2-6,8H,7,9-10H2,1H3,(H,17,18). The topological polar surface area (TPSA) is 64.4 Å². The maximum absolute atomic E-state index is 10.5. The average molecular weight is 260 g/mol. The Labute approximate surface area is 111 Å². The maximum Gasteiger partial charge on any atom is 0.307 e. The Morgan fingerprint density at radius 3 is 2.63 bits per heavy atom. The second-order valence-electron chi connectivity index (χ2n) is 4.26. The molecular formula is C14H16N2O3. The minimum Gasteiger partial charge on any atom is -0.493 e. The van der Waals surface area contributed by atoms with Crippen molar-refractivity contribution in [3.8, 4) is 5.75 Å². The van der Waals surface area contributed by atoms with Crippen LogP contribution in [-0.4, -0.2) is 27.5 Å². The molecule has 2 aromatic rings. The summed E-state index contributed by atoms with van der Waals surface area (Å²) in [6.45, 7) is 0.567. The van der Waals surface area contributed by atoms with Crippen molar-refractivity contribution in [2.75, 3.05) is 6.61 Å². The Balaban J connectivity index is 1.83. The first kappa shape index (κ1) is 13.1. The van der Waals surface area contributed by atoms with Crippen molar-refractivity contribution in [2.45, 2.75) is 12.8 Å². The van der Waals surface area contributed by atoms with Crippen LogP contribution in [0.3, 0.4) is 0 Å².